The van der Waals surface area contributed by atoms with E-state index in [4.69, 9.17) is 14.6 Å². The van der Waals surface area contributed by atoms with Crippen molar-refractivity contribution in [2.24, 2.45) is 5.92 Å². The van der Waals surface area contributed by atoms with Crippen molar-refractivity contribution in [2.45, 2.75) is 50.4 Å². The van der Waals surface area contributed by atoms with Crippen LogP contribution in [0.15, 0.2) is 0 Å². The molecule has 0 aromatic rings. The van der Waals surface area contributed by atoms with Crippen LogP contribution in [-0.2, 0) is 14.3 Å². The van der Waals surface area contributed by atoms with Crippen molar-refractivity contribution in [3.8, 4) is 0 Å². The summed E-state index contributed by atoms with van der Waals surface area (Å²) >= 11 is 0. The van der Waals surface area contributed by atoms with Gasteiger partial charge in [-0.1, -0.05) is 6.92 Å². The van der Waals surface area contributed by atoms with E-state index < -0.39 is 23.3 Å². The van der Waals surface area contributed by atoms with Gasteiger partial charge in [-0.05, 0) is 19.3 Å². The summed E-state index contributed by atoms with van der Waals surface area (Å²) in [4.78, 5) is 11.1. The lowest BCUT2D eigenvalue weighted by Gasteiger charge is -2.43. The van der Waals surface area contributed by atoms with Crippen LogP contribution in [0.5, 0.6) is 0 Å². The first-order valence-corrected chi connectivity index (χ1v) is 6.24. The topological polar surface area (TPSA) is 76.0 Å². The van der Waals surface area contributed by atoms with Crippen LogP contribution in [0.25, 0.3) is 0 Å². The van der Waals surface area contributed by atoms with Gasteiger partial charge in [-0.3, -0.25) is 4.79 Å². The molecule has 17 heavy (non-hydrogen) atoms. The van der Waals surface area contributed by atoms with E-state index in [0.29, 0.717) is 45.3 Å². The van der Waals surface area contributed by atoms with Gasteiger partial charge in [0.05, 0.1) is 24.7 Å². The van der Waals surface area contributed by atoms with E-state index in [1.165, 1.54) is 0 Å². The highest BCUT2D eigenvalue weighted by Crippen LogP contribution is 2.44. The minimum atomic E-state index is -1.11. The Balaban J connectivity index is 2.03. The first-order chi connectivity index (χ1) is 8.01. The molecule has 1 spiro atoms. The Bertz CT molecular complexity index is 285. The third-order valence-corrected chi connectivity index (χ3v) is 4.05. The maximum Gasteiger partial charge on any atom is 0.309 e. The molecule has 2 rings (SSSR count). The molecule has 1 saturated carbocycles. The molecule has 2 fully saturated rings. The zero-order chi connectivity index (χ0) is 12.5. The van der Waals surface area contributed by atoms with Crippen molar-refractivity contribution >= 4 is 5.97 Å². The molecule has 0 bridgehead atoms. The van der Waals surface area contributed by atoms with Gasteiger partial charge in [-0.2, -0.15) is 0 Å². The van der Waals surface area contributed by atoms with E-state index in [9.17, 15) is 9.90 Å². The summed E-state index contributed by atoms with van der Waals surface area (Å²) < 4.78 is 11.1. The Morgan fingerprint density at radius 2 is 1.76 bits per heavy atom. The van der Waals surface area contributed by atoms with E-state index in [1.54, 1.807) is 6.92 Å². The fourth-order valence-electron chi connectivity index (χ4n) is 2.98. The molecule has 0 amide bonds. The summed E-state index contributed by atoms with van der Waals surface area (Å²) in [6.07, 6.45) is 2.46. The Morgan fingerprint density at radius 1 is 1.24 bits per heavy atom. The highest BCUT2D eigenvalue weighted by atomic mass is 16.7. The Hall–Kier alpha value is -0.650. The largest absolute Gasteiger partial charge is 0.481 e. The van der Waals surface area contributed by atoms with E-state index in [0.717, 1.165) is 0 Å². The van der Waals surface area contributed by atoms with E-state index >= 15 is 0 Å². The van der Waals surface area contributed by atoms with Gasteiger partial charge in [-0.15, -0.1) is 0 Å². The maximum absolute atomic E-state index is 11.1. The molecule has 1 unspecified atom stereocenters. The fourth-order valence-corrected chi connectivity index (χ4v) is 2.98. The number of aliphatic hydroxyl groups is 1. The maximum atomic E-state index is 11.1. The Morgan fingerprint density at radius 3 is 2.18 bits per heavy atom. The smallest absolute Gasteiger partial charge is 0.309 e. The molecular formula is C12H20O5. The number of hydrogen-bond acceptors (Lipinski definition) is 4. The van der Waals surface area contributed by atoms with Crippen LogP contribution in [0.1, 0.15) is 39.0 Å². The van der Waals surface area contributed by atoms with Gasteiger partial charge >= 0.3 is 5.97 Å². The van der Waals surface area contributed by atoms with E-state index in [2.05, 4.69) is 0 Å². The van der Waals surface area contributed by atoms with Crippen LogP contribution in [0.2, 0.25) is 0 Å². The summed E-state index contributed by atoms with van der Waals surface area (Å²) in [5.74, 6) is -2.16. The van der Waals surface area contributed by atoms with Crippen molar-refractivity contribution in [3.05, 3.63) is 0 Å². The first kappa shape index (κ1) is 12.8. The van der Waals surface area contributed by atoms with Gasteiger partial charge in [0.2, 0.25) is 0 Å². The molecule has 1 heterocycles. The normalized spacial score (nSPS) is 28.1. The number of rotatable bonds is 3. The molecule has 1 aliphatic heterocycles. The van der Waals surface area contributed by atoms with Crippen LogP contribution >= 0.6 is 0 Å². The minimum Gasteiger partial charge on any atom is -0.481 e. The Labute approximate surface area is 101 Å². The predicted molar refractivity (Wildman–Crippen MR) is 59.5 cm³/mol. The molecule has 1 aliphatic carbocycles. The van der Waals surface area contributed by atoms with Crippen molar-refractivity contribution in [2.75, 3.05) is 13.2 Å². The van der Waals surface area contributed by atoms with Crippen LogP contribution in [-0.4, -0.2) is 40.8 Å². The summed E-state index contributed by atoms with van der Waals surface area (Å²) in [7, 11) is 0. The Kier molecular flexibility index (Phi) is 3.43. The standard InChI is InChI=1S/C12H20O5/c1-2-9(10(13)14)11(15)3-5-12(6-4-11)16-7-8-17-12/h9,15H,2-8H2,1H3,(H,13,14). The molecule has 5 nitrogen and oxygen atoms in total. The molecule has 98 valence electrons. The highest BCUT2D eigenvalue weighted by molar-refractivity contribution is 5.71. The molecule has 5 heteroatoms. The fraction of sp³-hybridized carbons (Fsp3) is 0.917. The predicted octanol–water partition coefficient (Wildman–Crippen LogP) is 1.15. The van der Waals surface area contributed by atoms with Crippen LogP contribution in [0, 0.1) is 5.92 Å². The quantitative estimate of drug-likeness (QED) is 0.778. The van der Waals surface area contributed by atoms with Crippen molar-refractivity contribution < 1.29 is 24.5 Å². The summed E-state index contributed by atoms with van der Waals surface area (Å²) in [6.45, 7) is 2.98. The number of carboxylic acids is 1. The highest BCUT2D eigenvalue weighted by Gasteiger charge is 2.50. The third kappa shape index (κ3) is 2.32. The van der Waals surface area contributed by atoms with E-state index in [-0.39, 0.29) is 0 Å². The lowest BCUT2D eigenvalue weighted by molar-refractivity contribution is -0.213. The molecule has 2 N–H and O–H groups in total. The molecular weight excluding hydrogens is 224 g/mol. The van der Waals surface area contributed by atoms with E-state index in [1.807, 2.05) is 0 Å². The van der Waals surface area contributed by atoms with Gasteiger partial charge in [-0.25, -0.2) is 0 Å². The minimum absolute atomic E-state index is 0.428. The van der Waals surface area contributed by atoms with Gasteiger partial charge in [0, 0.05) is 12.8 Å². The number of aliphatic carboxylic acids is 1. The lowest BCUT2D eigenvalue weighted by Crippen LogP contribution is -2.49. The van der Waals surface area contributed by atoms with Crippen LogP contribution in [0.3, 0.4) is 0 Å². The molecule has 1 saturated heterocycles. The molecule has 2 aliphatic rings. The second-order valence-corrected chi connectivity index (χ2v) is 5.01. The second-order valence-electron chi connectivity index (χ2n) is 5.01. The molecule has 1 atom stereocenters. The zero-order valence-electron chi connectivity index (χ0n) is 10.1. The van der Waals surface area contributed by atoms with Gasteiger partial charge in [0.15, 0.2) is 5.79 Å². The lowest BCUT2D eigenvalue weighted by atomic mass is 9.72. The van der Waals surface area contributed by atoms with Crippen LogP contribution in [0.4, 0.5) is 0 Å². The molecule has 0 aromatic carbocycles. The zero-order valence-corrected chi connectivity index (χ0v) is 10.1. The molecule has 0 radical (unpaired) electrons. The van der Waals surface area contributed by atoms with Crippen molar-refractivity contribution in [1.82, 2.24) is 0 Å². The third-order valence-electron chi connectivity index (χ3n) is 4.05. The van der Waals surface area contributed by atoms with Crippen LogP contribution < -0.4 is 0 Å². The average Bonchev–Trinajstić information content (AvgIpc) is 2.73. The van der Waals surface area contributed by atoms with Gasteiger partial charge in [0.25, 0.3) is 0 Å². The average molecular weight is 244 g/mol. The SMILES string of the molecule is CCC(C(=O)O)C1(O)CCC2(CC1)OCCO2. The summed E-state index contributed by atoms with van der Waals surface area (Å²) in [5.41, 5.74) is -1.11. The van der Waals surface area contributed by atoms with Gasteiger partial charge in [0.1, 0.15) is 0 Å². The number of hydrogen-bond donors (Lipinski definition) is 2. The molecule has 0 aromatic heterocycles. The van der Waals surface area contributed by atoms with Crippen molar-refractivity contribution in [3.63, 3.8) is 0 Å². The monoisotopic (exact) mass is 244 g/mol. The number of carbonyl (C=O) groups is 1. The first-order valence-electron chi connectivity index (χ1n) is 6.24. The second kappa shape index (κ2) is 4.55. The van der Waals surface area contributed by atoms with Gasteiger partial charge < -0.3 is 19.7 Å². The summed E-state index contributed by atoms with van der Waals surface area (Å²) in [5, 5.41) is 19.6. The number of ether oxygens (including phenoxy) is 2. The number of carboxylic acid groups (broad SMARTS) is 1. The van der Waals surface area contributed by atoms with Crippen molar-refractivity contribution in [1.29, 1.82) is 0 Å². The summed E-state index contributed by atoms with van der Waals surface area (Å²) in [6, 6.07) is 0.